The quantitative estimate of drug-likeness (QED) is 0.180. The maximum Gasteiger partial charge on any atom is 0.307 e. The van der Waals surface area contributed by atoms with Crippen LogP contribution in [-0.2, 0) is 17.8 Å². The Hall–Kier alpha value is -4.33. The minimum absolute atomic E-state index is 0.0221. The van der Waals surface area contributed by atoms with Crippen molar-refractivity contribution in [2.75, 3.05) is 10.6 Å². The fraction of sp³-hybridized carbons (Fsp3) is 0.282. The molecule has 0 saturated heterocycles. The number of carboxylic acid groups (broad SMARTS) is 1. The number of carbonyl (C=O) groups is 1. The Morgan fingerprint density at radius 1 is 0.891 bits per heavy atom. The van der Waals surface area contributed by atoms with Crippen LogP contribution in [0.1, 0.15) is 54.3 Å². The number of oxazole rings is 1. The first-order valence-corrected chi connectivity index (χ1v) is 16.6. The smallest absolute Gasteiger partial charge is 0.307 e. The summed E-state index contributed by atoms with van der Waals surface area (Å²) in [5, 5.41) is 18.4. The second kappa shape index (κ2) is 13.2. The summed E-state index contributed by atoms with van der Waals surface area (Å²) in [6.45, 7) is 14.2. The number of hydrogen-bond donors (Lipinski definition) is 2. The molecule has 1 aliphatic rings. The van der Waals surface area contributed by atoms with Gasteiger partial charge in [-0.2, -0.15) is 0 Å². The van der Waals surface area contributed by atoms with Crippen LogP contribution < -0.4 is 4.31 Å². The van der Waals surface area contributed by atoms with Gasteiger partial charge in [0.1, 0.15) is 0 Å². The zero-order valence-electron chi connectivity index (χ0n) is 27.9. The molecule has 7 heteroatoms. The van der Waals surface area contributed by atoms with E-state index in [-0.39, 0.29) is 6.42 Å². The van der Waals surface area contributed by atoms with Crippen molar-refractivity contribution in [3.63, 3.8) is 0 Å². The monoisotopic (exact) mass is 634 g/mol. The van der Waals surface area contributed by atoms with Gasteiger partial charge in [0, 0.05) is 22.9 Å². The van der Waals surface area contributed by atoms with Crippen molar-refractivity contribution >= 4 is 23.6 Å². The van der Waals surface area contributed by atoms with Crippen LogP contribution in [0.25, 0.3) is 45.0 Å². The zero-order chi connectivity index (χ0) is 33.3. The molecule has 0 bridgehead atoms. The summed E-state index contributed by atoms with van der Waals surface area (Å²) in [7, 11) is 0. The predicted molar refractivity (Wildman–Crippen MR) is 190 cm³/mol. The molecule has 238 valence electrons. The first-order valence-electron chi connectivity index (χ1n) is 15.4. The number of aromatic nitrogens is 1. The van der Waals surface area contributed by atoms with E-state index in [9.17, 15) is 9.90 Å². The maximum atomic E-state index is 12.0. The minimum atomic E-state index is -0.824. The van der Waals surface area contributed by atoms with E-state index in [0.29, 0.717) is 12.4 Å². The Morgan fingerprint density at radius 3 is 2.13 bits per heavy atom. The van der Waals surface area contributed by atoms with Crippen molar-refractivity contribution in [1.29, 1.82) is 0 Å². The van der Waals surface area contributed by atoms with Gasteiger partial charge in [-0.25, -0.2) is 4.98 Å². The van der Waals surface area contributed by atoms with Crippen LogP contribution in [0, 0.1) is 27.7 Å². The van der Waals surface area contributed by atoms with Crippen molar-refractivity contribution in [2.24, 2.45) is 0 Å². The van der Waals surface area contributed by atoms with Gasteiger partial charge in [-0.1, -0.05) is 72.1 Å². The number of aliphatic hydroxyl groups is 1. The third kappa shape index (κ3) is 6.91. The lowest BCUT2D eigenvalue weighted by Gasteiger charge is -2.36. The van der Waals surface area contributed by atoms with E-state index in [0.717, 1.165) is 61.6 Å². The van der Waals surface area contributed by atoms with Crippen molar-refractivity contribution in [3.8, 4) is 45.0 Å². The second-order valence-electron chi connectivity index (χ2n) is 12.8. The fourth-order valence-electron chi connectivity index (χ4n) is 6.04. The SMILES string of the molecule is CC(C)(C)O.CSN1Cc2cc(-c3oc(-c4ccccc4)nc3C)ccc2-c2c(C)c(-c3ccc(C)cc3)c(CC(=O)O)c(C)c21. The van der Waals surface area contributed by atoms with Gasteiger partial charge in [-0.15, -0.1) is 0 Å². The number of rotatable bonds is 6. The molecule has 0 aliphatic carbocycles. The van der Waals surface area contributed by atoms with Crippen LogP contribution in [0.3, 0.4) is 0 Å². The summed E-state index contributed by atoms with van der Waals surface area (Å²) >= 11 is 1.66. The highest BCUT2D eigenvalue weighted by atomic mass is 32.2. The molecule has 0 spiro atoms. The molecule has 6 nitrogen and oxygen atoms in total. The Bertz CT molecular complexity index is 1880. The van der Waals surface area contributed by atoms with Crippen molar-refractivity contribution in [2.45, 2.75) is 67.0 Å². The Labute approximate surface area is 276 Å². The van der Waals surface area contributed by atoms with Crippen LogP contribution in [-0.4, -0.2) is 33.0 Å². The average molecular weight is 635 g/mol. The van der Waals surface area contributed by atoms with Gasteiger partial charge in [0.05, 0.1) is 29.9 Å². The first kappa shape index (κ1) is 33.0. The molecule has 1 aliphatic heterocycles. The summed E-state index contributed by atoms with van der Waals surface area (Å²) < 4.78 is 8.59. The molecule has 0 atom stereocenters. The number of carboxylic acids is 1. The molecule has 2 heterocycles. The van der Waals surface area contributed by atoms with E-state index < -0.39 is 11.6 Å². The number of aliphatic carboxylic acids is 1. The van der Waals surface area contributed by atoms with Crippen molar-refractivity contribution < 1.29 is 19.4 Å². The Morgan fingerprint density at radius 2 is 1.52 bits per heavy atom. The average Bonchev–Trinajstić information content (AvgIpc) is 3.40. The van der Waals surface area contributed by atoms with Gasteiger partial charge < -0.3 is 18.9 Å². The minimum Gasteiger partial charge on any atom is -0.481 e. The predicted octanol–water partition coefficient (Wildman–Crippen LogP) is 9.58. The number of hydrogen-bond acceptors (Lipinski definition) is 6. The van der Waals surface area contributed by atoms with Crippen LogP contribution in [0.5, 0.6) is 0 Å². The third-order valence-corrected chi connectivity index (χ3v) is 8.75. The van der Waals surface area contributed by atoms with Crippen molar-refractivity contribution in [1.82, 2.24) is 4.98 Å². The van der Waals surface area contributed by atoms with Gasteiger partial charge >= 0.3 is 5.97 Å². The van der Waals surface area contributed by atoms with E-state index in [1.807, 2.05) is 37.3 Å². The first-order chi connectivity index (χ1) is 21.8. The number of nitrogens with zero attached hydrogens (tertiary/aromatic N) is 2. The largest absolute Gasteiger partial charge is 0.481 e. The molecular formula is C39H42N2O4S. The van der Waals surface area contributed by atoms with Gasteiger partial charge in [-0.3, -0.25) is 4.79 Å². The zero-order valence-corrected chi connectivity index (χ0v) is 28.7. The van der Waals surface area contributed by atoms with E-state index >= 15 is 0 Å². The highest BCUT2D eigenvalue weighted by molar-refractivity contribution is 7.99. The maximum absolute atomic E-state index is 12.0. The molecular weight excluding hydrogens is 593 g/mol. The third-order valence-electron chi connectivity index (χ3n) is 8.00. The topological polar surface area (TPSA) is 86.8 Å². The lowest BCUT2D eigenvalue weighted by molar-refractivity contribution is -0.136. The molecule has 0 amide bonds. The molecule has 46 heavy (non-hydrogen) atoms. The fourth-order valence-corrected chi connectivity index (χ4v) is 6.72. The van der Waals surface area contributed by atoms with Crippen LogP contribution >= 0.6 is 11.9 Å². The van der Waals surface area contributed by atoms with Gasteiger partial charge in [0.25, 0.3) is 0 Å². The summed E-state index contributed by atoms with van der Waals surface area (Å²) in [4.78, 5) is 16.8. The molecule has 6 rings (SSSR count). The summed E-state index contributed by atoms with van der Waals surface area (Å²) in [6, 6.07) is 24.9. The molecule has 0 radical (unpaired) electrons. The highest BCUT2D eigenvalue weighted by Gasteiger charge is 2.31. The Kier molecular flexibility index (Phi) is 9.47. The second-order valence-corrected chi connectivity index (χ2v) is 13.6. The van der Waals surface area contributed by atoms with Gasteiger partial charge in [0.15, 0.2) is 5.76 Å². The van der Waals surface area contributed by atoms with E-state index in [1.165, 1.54) is 16.7 Å². The summed E-state index contributed by atoms with van der Waals surface area (Å²) in [5.41, 5.74) is 13.2. The van der Waals surface area contributed by atoms with Crippen LogP contribution in [0.4, 0.5) is 5.69 Å². The van der Waals surface area contributed by atoms with E-state index in [4.69, 9.17) is 14.5 Å². The number of fused-ring (bicyclic) bond motifs is 3. The van der Waals surface area contributed by atoms with E-state index in [1.54, 1.807) is 32.7 Å². The van der Waals surface area contributed by atoms with Gasteiger partial charge in [0.2, 0.25) is 5.89 Å². The van der Waals surface area contributed by atoms with Crippen LogP contribution in [0.2, 0.25) is 0 Å². The molecule has 2 N–H and O–H groups in total. The lowest BCUT2D eigenvalue weighted by Crippen LogP contribution is -2.22. The molecule has 5 aromatic rings. The van der Waals surface area contributed by atoms with E-state index in [2.05, 4.69) is 73.8 Å². The lowest BCUT2D eigenvalue weighted by atomic mass is 9.80. The molecule has 0 saturated carbocycles. The van der Waals surface area contributed by atoms with Crippen LogP contribution in [0.15, 0.2) is 77.2 Å². The summed E-state index contributed by atoms with van der Waals surface area (Å²) in [6.07, 6.45) is 2.05. The number of aryl methyl sites for hydroxylation is 2. The highest BCUT2D eigenvalue weighted by Crippen LogP contribution is 2.51. The molecule has 1 aromatic heterocycles. The Balaban J connectivity index is 0.000000775. The normalized spacial score (nSPS) is 12.2. The van der Waals surface area contributed by atoms with Crippen molar-refractivity contribution in [3.05, 3.63) is 106 Å². The molecule has 0 unspecified atom stereocenters. The molecule has 0 fully saturated rings. The summed E-state index contributed by atoms with van der Waals surface area (Å²) in [5.74, 6) is 0.569. The molecule has 4 aromatic carbocycles. The number of anilines is 1. The van der Waals surface area contributed by atoms with Gasteiger partial charge in [-0.05, 0) is 106 Å². The number of benzene rings is 4. The standard InChI is InChI=1S/C35H32N2O3S.C4H10O/c1-20-11-13-24(14-12-20)31-22(3)32-28-16-15-26(34-23(4)36-35(40-34)25-9-7-6-8-10-25)17-27(28)19-37(41-5)33(32)21(2)29(31)18-30(38)39;1-4(2,3)5/h6-17H,18-19H2,1-5H3,(H,38,39);5H,1-3H3.